The van der Waals surface area contributed by atoms with Gasteiger partial charge in [-0.2, -0.15) is 0 Å². The summed E-state index contributed by atoms with van der Waals surface area (Å²) < 4.78 is 13.1. The number of ether oxygens (including phenoxy) is 2. The summed E-state index contributed by atoms with van der Waals surface area (Å²) in [7, 11) is 0. The van der Waals surface area contributed by atoms with E-state index in [-0.39, 0.29) is 5.41 Å². The quantitative estimate of drug-likeness (QED) is 0.122. The molecule has 2 saturated carbocycles. The number of anilines is 3. The van der Waals surface area contributed by atoms with Crippen molar-refractivity contribution < 1.29 is 9.47 Å². The number of rotatable bonds is 7. The van der Waals surface area contributed by atoms with Gasteiger partial charge in [0.15, 0.2) is 0 Å². The Kier molecular flexibility index (Phi) is 7.38. The van der Waals surface area contributed by atoms with Crippen LogP contribution in [0.4, 0.5) is 17.1 Å². The second-order valence-corrected chi connectivity index (χ2v) is 16.8. The minimum atomic E-state index is -0.165. The van der Waals surface area contributed by atoms with E-state index >= 15 is 0 Å². The average molecular weight is 706 g/mol. The average Bonchev–Trinajstić information content (AvgIpc) is 3.21. The zero-order valence-corrected chi connectivity index (χ0v) is 31.5. The lowest BCUT2D eigenvalue weighted by Crippen LogP contribution is -2.23. The van der Waals surface area contributed by atoms with Gasteiger partial charge in [0, 0.05) is 32.9 Å². The van der Waals surface area contributed by atoms with Crippen LogP contribution in [0.15, 0.2) is 115 Å². The van der Waals surface area contributed by atoms with Crippen LogP contribution < -0.4 is 14.4 Å². The summed E-state index contributed by atoms with van der Waals surface area (Å²) in [4.78, 5) is 2.50. The SMILES string of the molecule is CC1(C)c2cccc3c(N(c4ccc(OC5CCCCC5)cc4)c4ccc(OC5CCCCC5)cc4)c4cccc5c6cccc7ccc1c(c76)c(c23)c45. The summed E-state index contributed by atoms with van der Waals surface area (Å²) in [5.41, 5.74) is 6.11. The lowest BCUT2D eigenvalue weighted by molar-refractivity contribution is 0.155. The molecule has 3 aliphatic rings. The van der Waals surface area contributed by atoms with E-state index in [4.69, 9.17) is 9.47 Å². The molecule has 0 N–H and O–H groups in total. The first kappa shape index (κ1) is 32.2. The standard InChI is InChI=1S/C51H47NO2/c1-51(2)43-21-11-20-42-47(43)49-46-40(39-17-9-12-32-22-31-44(51)48(49)45(32)39)18-10-19-41(46)50(42)52(33-23-27-37(28-24-33)53-35-13-5-3-6-14-35)34-25-29-38(30-26-34)54-36-15-7-4-8-16-36/h9-12,17-31,35-36H,3-8,13-16H2,1-2H3. The van der Waals surface area contributed by atoms with Gasteiger partial charge < -0.3 is 14.4 Å². The maximum absolute atomic E-state index is 6.55. The highest BCUT2D eigenvalue weighted by molar-refractivity contribution is 6.42. The van der Waals surface area contributed by atoms with Crippen LogP contribution in [0.5, 0.6) is 11.5 Å². The molecule has 0 atom stereocenters. The van der Waals surface area contributed by atoms with Crippen molar-refractivity contribution in [1.82, 2.24) is 0 Å². The molecule has 8 aromatic carbocycles. The lowest BCUT2D eigenvalue weighted by atomic mass is 9.68. The van der Waals surface area contributed by atoms with E-state index in [1.807, 2.05) is 0 Å². The van der Waals surface area contributed by atoms with E-state index in [0.29, 0.717) is 12.2 Å². The smallest absolute Gasteiger partial charge is 0.119 e. The second-order valence-electron chi connectivity index (χ2n) is 16.8. The monoisotopic (exact) mass is 705 g/mol. The van der Waals surface area contributed by atoms with E-state index in [1.165, 1.54) is 109 Å². The summed E-state index contributed by atoms with van der Waals surface area (Å²) in [5.74, 6) is 1.92. The molecule has 0 radical (unpaired) electrons. The maximum Gasteiger partial charge on any atom is 0.119 e. The zero-order chi connectivity index (χ0) is 36.0. The van der Waals surface area contributed by atoms with Crippen LogP contribution in [0.1, 0.15) is 89.2 Å². The Bertz CT molecular complexity index is 2630. The molecule has 0 unspecified atom stereocenters. The van der Waals surface area contributed by atoms with Crippen LogP contribution in [-0.4, -0.2) is 12.2 Å². The van der Waals surface area contributed by atoms with Crippen molar-refractivity contribution in [2.24, 2.45) is 0 Å². The van der Waals surface area contributed by atoms with E-state index in [9.17, 15) is 0 Å². The molecule has 3 nitrogen and oxygen atoms in total. The molecule has 0 aliphatic heterocycles. The van der Waals surface area contributed by atoms with Crippen molar-refractivity contribution in [1.29, 1.82) is 0 Å². The van der Waals surface area contributed by atoms with Crippen LogP contribution in [0, 0.1) is 0 Å². The van der Waals surface area contributed by atoms with Gasteiger partial charge in [-0.05, 0) is 149 Å². The molecule has 0 aromatic heterocycles. The third-order valence-electron chi connectivity index (χ3n) is 13.2. The molecule has 268 valence electrons. The van der Waals surface area contributed by atoms with E-state index < -0.39 is 0 Å². The van der Waals surface area contributed by atoms with Gasteiger partial charge in [-0.15, -0.1) is 0 Å². The second kappa shape index (κ2) is 12.4. The Morgan fingerprint density at radius 3 is 1.56 bits per heavy atom. The Morgan fingerprint density at radius 2 is 0.944 bits per heavy atom. The molecule has 8 aromatic rings. The minimum absolute atomic E-state index is 0.165. The topological polar surface area (TPSA) is 21.7 Å². The fourth-order valence-corrected chi connectivity index (χ4v) is 10.6. The van der Waals surface area contributed by atoms with Crippen molar-refractivity contribution in [2.45, 2.75) is 95.7 Å². The van der Waals surface area contributed by atoms with E-state index in [2.05, 4.69) is 134 Å². The summed E-state index contributed by atoms with van der Waals surface area (Å²) in [6, 6.07) is 43.4. The van der Waals surface area contributed by atoms with Crippen molar-refractivity contribution in [2.75, 3.05) is 4.90 Å². The molecular weight excluding hydrogens is 659 g/mol. The van der Waals surface area contributed by atoms with Crippen LogP contribution in [0.3, 0.4) is 0 Å². The van der Waals surface area contributed by atoms with E-state index in [0.717, 1.165) is 48.6 Å². The molecular formula is C51H47NO2. The van der Waals surface area contributed by atoms with E-state index in [1.54, 1.807) is 0 Å². The van der Waals surface area contributed by atoms with Crippen LogP contribution in [-0.2, 0) is 5.41 Å². The first-order chi connectivity index (χ1) is 26.5. The third-order valence-corrected chi connectivity index (χ3v) is 13.2. The molecule has 0 heterocycles. The number of nitrogens with zero attached hydrogens (tertiary/aromatic N) is 1. The predicted molar refractivity (Wildman–Crippen MR) is 227 cm³/mol. The van der Waals surface area contributed by atoms with Gasteiger partial charge in [-0.25, -0.2) is 0 Å². The Labute approximate surface area is 317 Å². The minimum Gasteiger partial charge on any atom is -0.490 e. The largest absolute Gasteiger partial charge is 0.490 e. The first-order valence-corrected chi connectivity index (χ1v) is 20.5. The van der Waals surface area contributed by atoms with Gasteiger partial charge in [0.05, 0.1) is 17.9 Å². The fourth-order valence-electron chi connectivity index (χ4n) is 10.6. The number of hydrogen-bond donors (Lipinski definition) is 0. The summed E-state index contributed by atoms with van der Waals surface area (Å²) in [5, 5.41) is 13.5. The lowest BCUT2D eigenvalue weighted by Gasteiger charge is -2.37. The third kappa shape index (κ3) is 4.86. The van der Waals surface area contributed by atoms with Gasteiger partial charge in [-0.1, -0.05) is 93.4 Å². The predicted octanol–water partition coefficient (Wildman–Crippen LogP) is 14.4. The van der Waals surface area contributed by atoms with Crippen molar-refractivity contribution >= 4 is 70.9 Å². The van der Waals surface area contributed by atoms with Gasteiger partial charge in [0.25, 0.3) is 0 Å². The fraction of sp³-hybridized carbons (Fsp3) is 0.294. The molecule has 0 saturated heterocycles. The number of benzene rings is 8. The molecule has 3 heteroatoms. The zero-order valence-electron chi connectivity index (χ0n) is 31.5. The summed E-state index contributed by atoms with van der Waals surface area (Å²) >= 11 is 0. The van der Waals surface area contributed by atoms with Crippen LogP contribution in [0.2, 0.25) is 0 Å². The highest BCUT2D eigenvalue weighted by Crippen LogP contribution is 2.57. The molecule has 0 spiro atoms. The summed E-state index contributed by atoms with van der Waals surface area (Å²) in [6.45, 7) is 4.84. The molecule has 11 rings (SSSR count). The van der Waals surface area contributed by atoms with Gasteiger partial charge in [-0.3, -0.25) is 0 Å². The molecule has 0 amide bonds. The highest BCUT2D eigenvalue weighted by atomic mass is 16.5. The van der Waals surface area contributed by atoms with Gasteiger partial charge in [0.2, 0.25) is 0 Å². The molecule has 3 aliphatic carbocycles. The Morgan fingerprint density at radius 1 is 0.444 bits per heavy atom. The Balaban J connectivity index is 1.18. The Hall–Kier alpha value is -5.28. The van der Waals surface area contributed by atoms with Gasteiger partial charge >= 0.3 is 0 Å². The number of hydrogen-bond acceptors (Lipinski definition) is 3. The van der Waals surface area contributed by atoms with Crippen LogP contribution >= 0.6 is 0 Å². The number of fused-ring (bicyclic) bond motifs is 1. The molecule has 54 heavy (non-hydrogen) atoms. The normalized spacial score (nSPS) is 17.4. The van der Waals surface area contributed by atoms with Crippen molar-refractivity contribution in [3.63, 3.8) is 0 Å². The highest BCUT2D eigenvalue weighted by Gasteiger charge is 2.36. The summed E-state index contributed by atoms with van der Waals surface area (Å²) in [6.07, 6.45) is 12.9. The van der Waals surface area contributed by atoms with Gasteiger partial charge in [0.1, 0.15) is 11.5 Å². The van der Waals surface area contributed by atoms with Crippen molar-refractivity contribution in [3.8, 4) is 11.5 Å². The molecule has 0 bridgehead atoms. The molecule has 2 fully saturated rings. The van der Waals surface area contributed by atoms with Crippen LogP contribution in [0.25, 0.3) is 53.9 Å². The maximum atomic E-state index is 6.55. The van der Waals surface area contributed by atoms with Crippen molar-refractivity contribution in [3.05, 3.63) is 126 Å². The first-order valence-electron chi connectivity index (χ1n) is 20.5.